The average molecular weight is 250 g/mol. The SMILES string of the molecule is NC1(CO)CCN(c2ccc3c(c2)OCCO3)C1. The Labute approximate surface area is 106 Å². The summed E-state index contributed by atoms with van der Waals surface area (Å²) in [5, 5.41) is 9.29. The number of anilines is 1. The van der Waals surface area contributed by atoms with Crippen molar-refractivity contribution < 1.29 is 14.6 Å². The molecule has 2 aliphatic heterocycles. The maximum atomic E-state index is 9.29. The molecule has 2 heterocycles. The van der Waals surface area contributed by atoms with Gasteiger partial charge in [0.05, 0.1) is 12.1 Å². The number of ether oxygens (including phenoxy) is 2. The quantitative estimate of drug-likeness (QED) is 0.793. The minimum Gasteiger partial charge on any atom is -0.486 e. The largest absolute Gasteiger partial charge is 0.486 e. The van der Waals surface area contributed by atoms with Crippen LogP contribution in [0.15, 0.2) is 18.2 Å². The lowest BCUT2D eigenvalue weighted by Gasteiger charge is -2.25. The van der Waals surface area contributed by atoms with Gasteiger partial charge in [-0.05, 0) is 18.6 Å². The first kappa shape index (κ1) is 11.6. The molecule has 0 bridgehead atoms. The van der Waals surface area contributed by atoms with E-state index in [-0.39, 0.29) is 6.61 Å². The fourth-order valence-electron chi connectivity index (χ4n) is 2.47. The first-order valence-electron chi connectivity index (χ1n) is 6.25. The number of hydrogen-bond acceptors (Lipinski definition) is 5. The molecule has 0 aromatic heterocycles. The van der Waals surface area contributed by atoms with E-state index >= 15 is 0 Å². The van der Waals surface area contributed by atoms with Crippen molar-refractivity contribution in [3.05, 3.63) is 18.2 Å². The smallest absolute Gasteiger partial charge is 0.163 e. The van der Waals surface area contributed by atoms with Gasteiger partial charge in [0.1, 0.15) is 13.2 Å². The fourth-order valence-corrected chi connectivity index (χ4v) is 2.47. The summed E-state index contributed by atoms with van der Waals surface area (Å²) in [4.78, 5) is 2.18. The molecule has 3 rings (SSSR count). The van der Waals surface area contributed by atoms with Crippen molar-refractivity contribution in [2.24, 2.45) is 5.73 Å². The van der Waals surface area contributed by atoms with E-state index in [9.17, 15) is 5.11 Å². The lowest BCUT2D eigenvalue weighted by molar-refractivity contribution is 0.171. The number of nitrogens with zero attached hydrogens (tertiary/aromatic N) is 1. The highest BCUT2D eigenvalue weighted by molar-refractivity contribution is 5.57. The highest BCUT2D eigenvalue weighted by Crippen LogP contribution is 2.35. The normalized spacial score (nSPS) is 26.4. The van der Waals surface area contributed by atoms with Gasteiger partial charge in [-0.3, -0.25) is 0 Å². The number of benzene rings is 1. The van der Waals surface area contributed by atoms with Gasteiger partial charge in [-0.2, -0.15) is 0 Å². The Morgan fingerprint density at radius 3 is 2.78 bits per heavy atom. The fraction of sp³-hybridized carbons (Fsp3) is 0.538. The lowest BCUT2D eigenvalue weighted by atomic mass is 10.0. The molecule has 1 atom stereocenters. The summed E-state index contributed by atoms with van der Waals surface area (Å²) >= 11 is 0. The van der Waals surface area contributed by atoms with Crippen LogP contribution in [0, 0.1) is 0 Å². The molecule has 1 unspecified atom stereocenters. The molecule has 0 aliphatic carbocycles. The van der Waals surface area contributed by atoms with Crippen LogP contribution in [0.2, 0.25) is 0 Å². The minimum absolute atomic E-state index is 0.0219. The summed E-state index contributed by atoms with van der Waals surface area (Å²) in [6, 6.07) is 5.92. The lowest BCUT2D eigenvalue weighted by Crippen LogP contribution is -2.46. The van der Waals surface area contributed by atoms with Gasteiger partial charge in [0.15, 0.2) is 11.5 Å². The molecule has 1 fully saturated rings. The van der Waals surface area contributed by atoms with E-state index in [1.165, 1.54) is 0 Å². The van der Waals surface area contributed by atoms with E-state index in [0.29, 0.717) is 19.8 Å². The monoisotopic (exact) mass is 250 g/mol. The molecule has 98 valence electrons. The molecule has 0 amide bonds. The molecule has 3 N–H and O–H groups in total. The van der Waals surface area contributed by atoms with Gasteiger partial charge in [0.2, 0.25) is 0 Å². The van der Waals surface area contributed by atoms with E-state index in [1.807, 2.05) is 18.2 Å². The van der Waals surface area contributed by atoms with Crippen LogP contribution in [0.5, 0.6) is 11.5 Å². The molecule has 0 radical (unpaired) electrons. The van der Waals surface area contributed by atoms with Gasteiger partial charge in [-0.25, -0.2) is 0 Å². The van der Waals surface area contributed by atoms with Crippen molar-refractivity contribution in [3.8, 4) is 11.5 Å². The summed E-state index contributed by atoms with van der Waals surface area (Å²) in [7, 11) is 0. The van der Waals surface area contributed by atoms with E-state index in [4.69, 9.17) is 15.2 Å². The second-order valence-electron chi connectivity index (χ2n) is 5.02. The second-order valence-corrected chi connectivity index (χ2v) is 5.02. The Morgan fingerprint density at radius 2 is 2.06 bits per heavy atom. The van der Waals surface area contributed by atoms with E-state index in [0.717, 1.165) is 30.2 Å². The molecular weight excluding hydrogens is 232 g/mol. The molecule has 5 nitrogen and oxygen atoms in total. The molecule has 1 aromatic carbocycles. The zero-order chi connectivity index (χ0) is 12.6. The van der Waals surface area contributed by atoms with Gasteiger partial charge >= 0.3 is 0 Å². The number of fused-ring (bicyclic) bond motifs is 1. The summed E-state index contributed by atoms with van der Waals surface area (Å²) in [6.45, 7) is 2.74. The molecule has 0 saturated carbocycles. The molecule has 18 heavy (non-hydrogen) atoms. The molecule has 2 aliphatic rings. The van der Waals surface area contributed by atoms with Crippen LogP contribution in [0.1, 0.15) is 6.42 Å². The predicted molar refractivity (Wildman–Crippen MR) is 68.3 cm³/mol. The van der Waals surface area contributed by atoms with Crippen LogP contribution in [0.4, 0.5) is 5.69 Å². The van der Waals surface area contributed by atoms with Crippen molar-refractivity contribution >= 4 is 5.69 Å². The van der Waals surface area contributed by atoms with Crippen molar-refractivity contribution in [1.82, 2.24) is 0 Å². The van der Waals surface area contributed by atoms with Crippen molar-refractivity contribution in [2.45, 2.75) is 12.0 Å². The Kier molecular flexibility index (Phi) is 2.80. The third-order valence-electron chi connectivity index (χ3n) is 3.59. The number of hydrogen-bond donors (Lipinski definition) is 2. The molecular formula is C13H18N2O3. The highest BCUT2D eigenvalue weighted by Gasteiger charge is 2.34. The number of aliphatic hydroxyl groups excluding tert-OH is 1. The van der Waals surface area contributed by atoms with Gasteiger partial charge in [0, 0.05) is 24.8 Å². The maximum absolute atomic E-state index is 9.29. The zero-order valence-corrected chi connectivity index (χ0v) is 10.3. The summed E-state index contributed by atoms with van der Waals surface area (Å²) in [5.74, 6) is 1.59. The molecule has 1 saturated heterocycles. The maximum Gasteiger partial charge on any atom is 0.163 e. The highest BCUT2D eigenvalue weighted by atomic mass is 16.6. The van der Waals surface area contributed by atoms with Gasteiger partial charge in [0.25, 0.3) is 0 Å². The van der Waals surface area contributed by atoms with Crippen LogP contribution in [-0.2, 0) is 0 Å². The average Bonchev–Trinajstić information content (AvgIpc) is 2.82. The number of aliphatic hydroxyl groups is 1. The molecule has 0 spiro atoms. The number of nitrogens with two attached hydrogens (primary N) is 1. The Bertz CT molecular complexity index is 452. The first-order valence-corrected chi connectivity index (χ1v) is 6.25. The minimum atomic E-state index is -0.479. The van der Waals surface area contributed by atoms with E-state index in [1.54, 1.807) is 0 Å². The van der Waals surface area contributed by atoms with Crippen molar-refractivity contribution in [3.63, 3.8) is 0 Å². The van der Waals surface area contributed by atoms with Crippen LogP contribution in [0.3, 0.4) is 0 Å². The topological polar surface area (TPSA) is 68.0 Å². The van der Waals surface area contributed by atoms with Crippen LogP contribution >= 0.6 is 0 Å². The zero-order valence-electron chi connectivity index (χ0n) is 10.3. The predicted octanol–water partition coefficient (Wildman–Crippen LogP) is 0.358. The first-order chi connectivity index (χ1) is 8.70. The van der Waals surface area contributed by atoms with E-state index in [2.05, 4.69) is 4.90 Å². The van der Waals surface area contributed by atoms with Crippen LogP contribution in [0.25, 0.3) is 0 Å². The van der Waals surface area contributed by atoms with Crippen LogP contribution < -0.4 is 20.1 Å². The number of rotatable bonds is 2. The van der Waals surface area contributed by atoms with Gasteiger partial charge in [-0.1, -0.05) is 0 Å². The Balaban J connectivity index is 1.81. The summed E-state index contributed by atoms with van der Waals surface area (Å²) in [5.41, 5.74) is 6.67. The van der Waals surface area contributed by atoms with Crippen molar-refractivity contribution in [1.29, 1.82) is 0 Å². The second kappa shape index (κ2) is 4.33. The van der Waals surface area contributed by atoms with Crippen LogP contribution in [-0.4, -0.2) is 43.6 Å². The standard InChI is InChI=1S/C13H18N2O3/c14-13(9-16)3-4-15(8-13)10-1-2-11-12(7-10)18-6-5-17-11/h1-2,7,16H,3-6,8-9,14H2. The third kappa shape index (κ3) is 2.00. The van der Waals surface area contributed by atoms with Gasteiger partial charge < -0.3 is 25.2 Å². The van der Waals surface area contributed by atoms with Gasteiger partial charge in [-0.15, -0.1) is 0 Å². The summed E-state index contributed by atoms with van der Waals surface area (Å²) in [6.07, 6.45) is 0.804. The third-order valence-corrected chi connectivity index (χ3v) is 3.59. The Morgan fingerprint density at radius 1 is 1.28 bits per heavy atom. The Hall–Kier alpha value is -1.46. The van der Waals surface area contributed by atoms with Crippen molar-refractivity contribution in [2.75, 3.05) is 37.8 Å². The van der Waals surface area contributed by atoms with E-state index < -0.39 is 5.54 Å². The molecule has 5 heteroatoms. The molecule has 1 aromatic rings. The summed E-state index contributed by atoms with van der Waals surface area (Å²) < 4.78 is 11.1.